The molecule has 14 heteroatoms. The number of hydrogen-bond acceptors (Lipinski definition) is 10. The zero-order chi connectivity index (χ0) is 25.7. The van der Waals surface area contributed by atoms with Gasteiger partial charge in [0.25, 0.3) is 0 Å². The molecule has 0 bridgehead atoms. The summed E-state index contributed by atoms with van der Waals surface area (Å²) < 4.78 is 30.4. The Labute approximate surface area is 217 Å². The van der Waals surface area contributed by atoms with E-state index in [0.717, 1.165) is 18.9 Å². The molecule has 1 spiro atoms. The van der Waals surface area contributed by atoms with Gasteiger partial charge in [0, 0.05) is 61.3 Å². The molecule has 2 fully saturated rings. The molecule has 11 nitrogen and oxygen atoms in total. The number of sulfonamides is 1. The Morgan fingerprint density at radius 2 is 1.81 bits per heavy atom. The average molecular weight is 549 g/mol. The molecule has 2 saturated heterocycles. The van der Waals surface area contributed by atoms with E-state index in [2.05, 4.69) is 24.8 Å². The zero-order valence-electron chi connectivity index (χ0n) is 19.1. The van der Waals surface area contributed by atoms with E-state index in [-0.39, 0.29) is 35.1 Å². The van der Waals surface area contributed by atoms with Crippen LogP contribution in [0.15, 0.2) is 36.9 Å². The molecule has 0 amide bonds. The van der Waals surface area contributed by atoms with Crippen LogP contribution in [0.25, 0.3) is 0 Å². The number of nitrogen functional groups attached to an aromatic ring is 1. The fourth-order valence-electron chi connectivity index (χ4n) is 4.28. The topological polar surface area (TPSA) is 151 Å². The Morgan fingerprint density at radius 3 is 2.42 bits per heavy atom. The Hall–Kier alpha value is -3.06. The zero-order valence-corrected chi connectivity index (χ0v) is 21.5. The third-order valence-electron chi connectivity index (χ3n) is 6.24. The second-order valence-corrected chi connectivity index (χ2v) is 11.8. The second-order valence-electron chi connectivity index (χ2n) is 8.99. The van der Waals surface area contributed by atoms with Gasteiger partial charge in [-0.3, -0.25) is 10.4 Å². The van der Waals surface area contributed by atoms with Crippen LogP contribution >= 0.6 is 23.2 Å². The summed E-state index contributed by atoms with van der Waals surface area (Å²) in [7, 11) is -3.13. The number of pyridine rings is 2. The van der Waals surface area contributed by atoms with Gasteiger partial charge in [-0.15, -0.1) is 0 Å². The summed E-state index contributed by atoms with van der Waals surface area (Å²) in [5.74, 6) is 0.765. The molecule has 2 aliphatic rings. The van der Waals surface area contributed by atoms with Gasteiger partial charge < -0.3 is 15.4 Å². The number of anilines is 2. The lowest BCUT2D eigenvalue weighted by Crippen LogP contribution is -2.73. The Bertz CT molecular complexity index is 1420. The summed E-state index contributed by atoms with van der Waals surface area (Å²) in [5.41, 5.74) is 7.62. The van der Waals surface area contributed by atoms with Crippen LogP contribution in [0, 0.1) is 10.8 Å². The standard InChI is InChI=1S/C22H22Cl2N8O3S/c1-36(33,34)32-11-22(12-32)9-31(10-22)18-3-2-13(4-28-18)19(26)20-17(25)7-29-21(30-20)35-8-14-15(23)5-27-6-16(14)24/h2-7,26H,8-12,25H2,1H3. The maximum atomic E-state index is 11.6. The molecule has 188 valence electrons. The van der Waals surface area contributed by atoms with Gasteiger partial charge in [0.1, 0.15) is 18.1 Å². The number of rotatable bonds is 7. The van der Waals surface area contributed by atoms with Gasteiger partial charge in [0.15, 0.2) is 0 Å². The van der Waals surface area contributed by atoms with Gasteiger partial charge in [0.05, 0.1) is 33.9 Å². The van der Waals surface area contributed by atoms with Gasteiger partial charge in [-0.25, -0.2) is 22.7 Å². The van der Waals surface area contributed by atoms with Crippen molar-refractivity contribution in [2.45, 2.75) is 6.61 Å². The highest BCUT2D eigenvalue weighted by atomic mass is 35.5. The first-order chi connectivity index (χ1) is 17.0. The fraction of sp³-hybridized carbons (Fsp3) is 0.318. The predicted octanol–water partition coefficient (Wildman–Crippen LogP) is 2.23. The van der Waals surface area contributed by atoms with Crippen LogP contribution in [-0.2, 0) is 16.6 Å². The number of nitrogens with one attached hydrogen (secondary N) is 1. The van der Waals surface area contributed by atoms with Crippen molar-refractivity contribution in [2.75, 3.05) is 43.1 Å². The molecule has 0 atom stereocenters. The molecule has 3 aromatic heterocycles. The average Bonchev–Trinajstić information content (AvgIpc) is 2.77. The number of aromatic nitrogens is 4. The Balaban J connectivity index is 1.24. The number of nitrogens with zero attached hydrogens (tertiary/aromatic N) is 6. The summed E-state index contributed by atoms with van der Waals surface area (Å²) in [4.78, 5) is 18.9. The van der Waals surface area contributed by atoms with Crippen LogP contribution < -0.4 is 15.4 Å². The molecule has 3 aromatic rings. The summed E-state index contributed by atoms with van der Waals surface area (Å²) in [5, 5.41) is 9.31. The van der Waals surface area contributed by atoms with Gasteiger partial charge >= 0.3 is 6.01 Å². The summed E-state index contributed by atoms with van der Waals surface area (Å²) in [6, 6.07) is 3.62. The highest BCUT2D eigenvalue weighted by Crippen LogP contribution is 2.42. The van der Waals surface area contributed by atoms with Crippen LogP contribution in [0.5, 0.6) is 6.01 Å². The molecule has 5 rings (SSSR count). The van der Waals surface area contributed by atoms with Crippen molar-refractivity contribution in [1.82, 2.24) is 24.2 Å². The van der Waals surface area contributed by atoms with Crippen LogP contribution in [0.3, 0.4) is 0 Å². The van der Waals surface area contributed by atoms with Crippen LogP contribution in [0.4, 0.5) is 11.5 Å². The largest absolute Gasteiger partial charge is 0.458 e. The number of nitrogens with two attached hydrogens (primary N) is 1. The molecule has 2 aliphatic heterocycles. The van der Waals surface area contributed by atoms with E-state index in [1.807, 2.05) is 6.07 Å². The summed E-state index contributed by atoms with van der Waals surface area (Å²) in [6.45, 7) is 2.60. The molecular weight excluding hydrogens is 527 g/mol. The number of hydrogen-bond donors (Lipinski definition) is 2. The van der Waals surface area contributed by atoms with Crippen molar-refractivity contribution >= 4 is 50.4 Å². The van der Waals surface area contributed by atoms with Crippen LogP contribution in [0.2, 0.25) is 10.0 Å². The lowest BCUT2D eigenvalue weighted by atomic mass is 9.74. The van der Waals surface area contributed by atoms with Crippen molar-refractivity contribution in [3.63, 3.8) is 0 Å². The molecule has 36 heavy (non-hydrogen) atoms. The maximum absolute atomic E-state index is 11.6. The van der Waals surface area contributed by atoms with Gasteiger partial charge in [0.2, 0.25) is 10.0 Å². The monoisotopic (exact) mass is 548 g/mol. The first kappa shape index (κ1) is 24.6. The first-order valence-corrected chi connectivity index (χ1v) is 13.4. The normalized spacial score (nSPS) is 16.9. The third-order valence-corrected chi connectivity index (χ3v) is 8.08. The van der Waals surface area contributed by atoms with Crippen molar-refractivity contribution < 1.29 is 13.2 Å². The first-order valence-electron chi connectivity index (χ1n) is 10.8. The van der Waals surface area contributed by atoms with E-state index in [4.69, 9.17) is 39.1 Å². The highest BCUT2D eigenvalue weighted by molar-refractivity contribution is 7.88. The van der Waals surface area contributed by atoms with Crippen molar-refractivity contribution in [2.24, 2.45) is 5.41 Å². The van der Waals surface area contributed by atoms with Gasteiger partial charge in [-0.05, 0) is 12.1 Å². The number of halogens is 2. The van der Waals surface area contributed by atoms with Crippen LogP contribution in [-0.4, -0.2) is 70.8 Å². The molecule has 0 saturated carbocycles. The van der Waals surface area contributed by atoms with E-state index in [1.54, 1.807) is 12.3 Å². The maximum Gasteiger partial charge on any atom is 0.317 e. The van der Waals surface area contributed by atoms with E-state index in [9.17, 15) is 8.42 Å². The second kappa shape index (κ2) is 9.11. The minimum atomic E-state index is -3.13. The molecule has 5 heterocycles. The lowest BCUT2D eigenvalue weighted by Gasteiger charge is -2.59. The molecule has 0 unspecified atom stereocenters. The summed E-state index contributed by atoms with van der Waals surface area (Å²) in [6.07, 6.45) is 7.12. The van der Waals surface area contributed by atoms with E-state index >= 15 is 0 Å². The quantitative estimate of drug-likeness (QED) is 0.423. The van der Waals surface area contributed by atoms with Crippen molar-refractivity contribution in [3.8, 4) is 6.01 Å². The SMILES string of the molecule is CS(=O)(=O)N1CC2(CN(c3ccc(C(=N)c4nc(OCc5c(Cl)cncc5Cl)ncc4N)cn3)C2)C1. The minimum Gasteiger partial charge on any atom is -0.458 e. The Kier molecular flexibility index (Phi) is 6.23. The van der Waals surface area contributed by atoms with E-state index in [1.165, 1.54) is 29.2 Å². The van der Waals surface area contributed by atoms with E-state index < -0.39 is 10.0 Å². The Morgan fingerprint density at radius 1 is 1.11 bits per heavy atom. The lowest BCUT2D eigenvalue weighted by molar-refractivity contribution is 0.0395. The predicted molar refractivity (Wildman–Crippen MR) is 136 cm³/mol. The fourth-order valence-corrected chi connectivity index (χ4v) is 5.77. The van der Waals surface area contributed by atoms with Gasteiger partial charge in [-0.1, -0.05) is 23.2 Å². The van der Waals surface area contributed by atoms with E-state index in [0.29, 0.717) is 34.3 Å². The smallest absolute Gasteiger partial charge is 0.317 e. The molecular formula is C22H22Cl2N8O3S. The summed E-state index contributed by atoms with van der Waals surface area (Å²) >= 11 is 12.3. The molecule has 0 aromatic carbocycles. The number of ether oxygens (including phenoxy) is 1. The highest BCUT2D eigenvalue weighted by Gasteiger charge is 2.54. The van der Waals surface area contributed by atoms with Crippen molar-refractivity contribution in [3.05, 3.63) is 63.8 Å². The third kappa shape index (κ3) is 4.69. The van der Waals surface area contributed by atoms with Gasteiger partial charge in [-0.2, -0.15) is 4.98 Å². The molecule has 0 radical (unpaired) electrons. The van der Waals surface area contributed by atoms with Crippen LogP contribution in [0.1, 0.15) is 16.8 Å². The molecule has 0 aliphatic carbocycles. The minimum absolute atomic E-state index is 0.00661. The van der Waals surface area contributed by atoms with Crippen molar-refractivity contribution in [1.29, 1.82) is 5.41 Å². The molecule has 3 N–H and O–H groups in total.